The molecule has 7 aromatic rings. The molecule has 0 spiro atoms. The van der Waals surface area contributed by atoms with Gasteiger partial charge >= 0.3 is 12.0 Å². The Kier molecular flexibility index (Phi) is 5.19. The number of rotatable bonds is 2. The highest BCUT2D eigenvalue weighted by molar-refractivity contribution is 7.80. The van der Waals surface area contributed by atoms with E-state index in [1.165, 1.54) is 0 Å². The molecule has 0 saturated heterocycles. The summed E-state index contributed by atoms with van der Waals surface area (Å²) in [6.45, 7) is 0. The first-order valence-corrected chi connectivity index (χ1v) is 21.6. The van der Waals surface area contributed by atoms with Crippen molar-refractivity contribution in [3.05, 3.63) is 52.5 Å². The van der Waals surface area contributed by atoms with Crippen LogP contribution in [0.15, 0.2) is 47.4 Å². The van der Waals surface area contributed by atoms with Crippen LogP contribution in [0.25, 0.3) is 64.6 Å². The zero-order chi connectivity index (χ0) is 24.8. The summed E-state index contributed by atoms with van der Waals surface area (Å²) >= 11 is 59.3. The van der Waals surface area contributed by atoms with Crippen LogP contribution in [0.2, 0.25) is 10.0 Å². The maximum Gasteiger partial charge on any atom is 0.373 e. The van der Waals surface area contributed by atoms with Crippen LogP contribution >= 0.6 is 102 Å². The molecular formula is C24H8Cl8SSi2. The van der Waals surface area contributed by atoms with Crippen molar-refractivity contribution < 1.29 is 0 Å². The zero-order valence-electron chi connectivity index (χ0n) is 17.0. The lowest BCUT2D eigenvalue weighted by molar-refractivity contribution is 1.64. The number of halogens is 8. The molecule has 7 rings (SSSR count). The van der Waals surface area contributed by atoms with Gasteiger partial charge in [0, 0.05) is 26.4 Å². The monoisotopic (exact) mass is 664 g/mol. The molecule has 0 heterocycles. The van der Waals surface area contributed by atoms with Crippen LogP contribution in [-0.4, -0.2) is 12.0 Å². The summed E-state index contributed by atoms with van der Waals surface area (Å²) in [6.07, 6.45) is 0. The Balaban J connectivity index is 2.05. The summed E-state index contributed by atoms with van der Waals surface area (Å²) in [5.41, 5.74) is 0. The molecule has 0 aliphatic heterocycles. The smallest absolute Gasteiger partial charge is 0.143 e. The predicted molar refractivity (Wildman–Crippen MR) is 168 cm³/mol. The maximum absolute atomic E-state index is 7.00. The van der Waals surface area contributed by atoms with Crippen molar-refractivity contribution in [2.24, 2.45) is 0 Å². The summed E-state index contributed by atoms with van der Waals surface area (Å²) in [6, 6.07) is 7.13. The standard InChI is InChI=1S/C24H8Cl8SSi2/c25-21-11-6-5-9-2-1-8-3-4-10-7-12(33)17-18-15(10)13(8)14(9)16(11)19(18)20(22(21)26)24(35(30,31)32)23(17)34(27,28)29/h1-7,33H. The Hall–Kier alpha value is -0.0162. The van der Waals surface area contributed by atoms with Gasteiger partial charge in [-0.05, 0) is 59.5 Å². The van der Waals surface area contributed by atoms with Crippen LogP contribution in [0.4, 0.5) is 0 Å². The van der Waals surface area contributed by atoms with Gasteiger partial charge in [-0.1, -0.05) is 59.6 Å². The molecule has 0 radical (unpaired) electrons. The summed E-state index contributed by atoms with van der Waals surface area (Å²) in [5, 5.41) is 12.7. The van der Waals surface area contributed by atoms with E-state index in [1.807, 2.05) is 12.1 Å². The molecule has 0 atom stereocenters. The van der Waals surface area contributed by atoms with Crippen molar-refractivity contribution in [3.8, 4) is 0 Å². The van der Waals surface area contributed by atoms with Gasteiger partial charge in [-0.15, -0.1) is 79.1 Å². The molecule has 174 valence electrons. The molecule has 0 unspecified atom stereocenters. The molecular weight excluding hydrogens is 660 g/mol. The molecule has 0 saturated carbocycles. The van der Waals surface area contributed by atoms with Gasteiger partial charge in [0.05, 0.1) is 10.0 Å². The summed E-state index contributed by atoms with van der Waals surface area (Å²) in [4.78, 5) is 0.651. The van der Waals surface area contributed by atoms with E-state index in [0.717, 1.165) is 53.9 Å². The van der Waals surface area contributed by atoms with Crippen molar-refractivity contribution in [1.82, 2.24) is 0 Å². The maximum atomic E-state index is 7.00. The largest absolute Gasteiger partial charge is 0.373 e. The van der Waals surface area contributed by atoms with Crippen LogP contribution in [0, 0.1) is 0 Å². The fourth-order valence-electron chi connectivity index (χ4n) is 5.82. The molecule has 0 aliphatic rings. The van der Waals surface area contributed by atoms with Gasteiger partial charge in [-0.2, -0.15) is 0 Å². The second-order valence-corrected chi connectivity index (χ2v) is 26.6. The lowest BCUT2D eigenvalue weighted by Gasteiger charge is -2.29. The summed E-state index contributed by atoms with van der Waals surface area (Å²) < 4.78 is 0. The quantitative estimate of drug-likeness (QED) is 0.0613. The Morgan fingerprint density at radius 3 is 1.54 bits per heavy atom. The first-order valence-electron chi connectivity index (χ1n) is 10.3. The van der Waals surface area contributed by atoms with E-state index >= 15 is 0 Å². The SMILES string of the molecule is Sc1cc2ccc3ccc4ccc5c(Cl)c(Cl)c6c([Si](Cl)(Cl)Cl)c([Si](Cl)(Cl)Cl)c1c1c2c3c4c5c61. The van der Waals surface area contributed by atoms with Crippen LogP contribution in [0.5, 0.6) is 0 Å². The lowest BCUT2D eigenvalue weighted by atomic mass is 9.82. The van der Waals surface area contributed by atoms with E-state index in [0.29, 0.717) is 31.1 Å². The minimum absolute atomic E-state index is 0.290. The highest BCUT2D eigenvalue weighted by Crippen LogP contribution is 2.53. The fraction of sp³-hybridized carbons (Fsp3) is 0. The van der Waals surface area contributed by atoms with Crippen molar-refractivity contribution in [2.75, 3.05) is 0 Å². The second-order valence-electron chi connectivity index (χ2n) is 8.68. The third-order valence-corrected chi connectivity index (χ3v) is 14.0. The molecule has 0 aliphatic carbocycles. The lowest BCUT2D eigenvalue weighted by Crippen LogP contribution is -2.51. The van der Waals surface area contributed by atoms with Crippen molar-refractivity contribution in [2.45, 2.75) is 4.90 Å². The van der Waals surface area contributed by atoms with Gasteiger partial charge < -0.3 is 0 Å². The van der Waals surface area contributed by atoms with Gasteiger partial charge in [0.15, 0.2) is 0 Å². The van der Waals surface area contributed by atoms with Crippen LogP contribution in [0.1, 0.15) is 0 Å². The molecule has 11 heteroatoms. The molecule has 0 amide bonds. The van der Waals surface area contributed by atoms with E-state index in [4.69, 9.17) is 102 Å². The molecule has 35 heavy (non-hydrogen) atoms. The Morgan fingerprint density at radius 2 is 0.943 bits per heavy atom. The topological polar surface area (TPSA) is 0 Å². The first-order chi connectivity index (χ1) is 16.4. The van der Waals surface area contributed by atoms with Gasteiger partial charge in [-0.3, -0.25) is 0 Å². The van der Waals surface area contributed by atoms with Gasteiger partial charge in [0.2, 0.25) is 0 Å². The average molecular weight is 668 g/mol. The van der Waals surface area contributed by atoms with Crippen molar-refractivity contribution in [3.63, 3.8) is 0 Å². The third kappa shape index (κ3) is 3.04. The van der Waals surface area contributed by atoms with Crippen LogP contribution in [0.3, 0.4) is 0 Å². The zero-order valence-corrected chi connectivity index (χ0v) is 26.0. The Bertz CT molecular complexity index is 2010. The Morgan fingerprint density at radius 1 is 0.486 bits per heavy atom. The molecule has 0 fully saturated rings. The summed E-state index contributed by atoms with van der Waals surface area (Å²) in [5.74, 6) is 0. The third-order valence-electron chi connectivity index (χ3n) is 6.96. The minimum Gasteiger partial charge on any atom is -0.143 e. The fourth-order valence-corrected chi connectivity index (χ4v) is 14.8. The van der Waals surface area contributed by atoms with Gasteiger partial charge in [0.1, 0.15) is 0 Å². The molecule has 7 aromatic carbocycles. The first kappa shape index (κ1) is 24.1. The predicted octanol–water partition coefficient (Wildman–Crippen LogP) is 10.2. The number of hydrogen-bond donors (Lipinski definition) is 1. The van der Waals surface area contributed by atoms with Crippen LogP contribution in [-0.2, 0) is 0 Å². The molecule has 0 aromatic heterocycles. The van der Waals surface area contributed by atoms with Crippen molar-refractivity contribution >= 4 is 189 Å². The molecule has 0 bridgehead atoms. The number of benzene rings is 7. The highest BCUT2D eigenvalue weighted by Gasteiger charge is 2.45. The molecule has 0 nitrogen and oxygen atoms in total. The van der Waals surface area contributed by atoms with E-state index in [-0.39, 0.29) is 5.02 Å². The minimum atomic E-state index is -3.69. The Labute approximate surface area is 244 Å². The van der Waals surface area contributed by atoms with E-state index < -0.39 is 12.0 Å². The molecule has 0 N–H and O–H groups in total. The summed E-state index contributed by atoms with van der Waals surface area (Å²) in [7, 11) is 0. The van der Waals surface area contributed by atoms with E-state index in [2.05, 4.69) is 30.3 Å². The highest BCUT2D eigenvalue weighted by atomic mass is 35.8. The number of hydrogen-bond acceptors (Lipinski definition) is 1. The second kappa shape index (κ2) is 7.55. The van der Waals surface area contributed by atoms with Gasteiger partial charge in [-0.25, -0.2) is 0 Å². The van der Waals surface area contributed by atoms with E-state index in [9.17, 15) is 0 Å². The normalized spacial score (nSPS) is 13.9. The number of thiol groups is 1. The van der Waals surface area contributed by atoms with Gasteiger partial charge in [0.25, 0.3) is 0 Å². The van der Waals surface area contributed by atoms with E-state index in [1.54, 1.807) is 0 Å². The average Bonchev–Trinajstić information content (AvgIpc) is 2.78. The van der Waals surface area contributed by atoms with Crippen molar-refractivity contribution in [1.29, 1.82) is 0 Å². The van der Waals surface area contributed by atoms with Crippen LogP contribution < -0.4 is 10.4 Å².